The van der Waals surface area contributed by atoms with E-state index in [0.29, 0.717) is 0 Å². The molecule has 1 aliphatic carbocycles. The molecule has 1 rings (SSSR count). The molecule has 1 fully saturated rings. The first-order chi connectivity index (χ1) is 6.36. The summed E-state index contributed by atoms with van der Waals surface area (Å²) < 4.78 is 0. The zero-order valence-electron chi connectivity index (χ0n) is 8.68. The third-order valence-corrected chi connectivity index (χ3v) is 2.92. The van der Waals surface area contributed by atoms with Crippen LogP contribution in [0.15, 0.2) is 0 Å². The lowest BCUT2D eigenvalue weighted by Crippen LogP contribution is -2.26. The summed E-state index contributed by atoms with van der Waals surface area (Å²) in [7, 11) is 0. The van der Waals surface area contributed by atoms with E-state index in [9.17, 15) is 0 Å². The quantitative estimate of drug-likeness (QED) is 0.640. The largest absolute Gasteiger partial charge is 0.314 e. The summed E-state index contributed by atoms with van der Waals surface area (Å²) in [6, 6.07) is 0.780. The van der Waals surface area contributed by atoms with Crippen molar-refractivity contribution < 1.29 is 0 Å². The van der Waals surface area contributed by atoms with Crippen LogP contribution in [0.2, 0.25) is 0 Å². The minimum absolute atomic E-state index is 0.780. The van der Waals surface area contributed by atoms with Crippen molar-refractivity contribution in [2.75, 3.05) is 6.54 Å². The average Bonchev–Trinajstić information content (AvgIpc) is 2.59. The maximum atomic E-state index is 5.26. The molecule has 2 atom stereocenters. The number of terminal acetylenes is 1. The van der Waals surface area contributed by atoms with Gasteiger partial charge in [-0.15, -0.1) is 12.3 Å². The lowest BCUT2D eigenvalue weighted by atomic mass is 10.0. The van der Waals surface area contributed by atoms with Gasteiger partial charge in [0.25, 0.3) is 0 Å². The number of hydrogen-bond acceptors (Lipinski definition) is 1. The van der Waals surface area contributed by atoms with Gasteiger partial charge in [0, 0.05) is 12.5 Å². The van der Waals surface area contributed by atoms with Crippen molar-refractivity contribution >= 4 is 0 Å². The fourth-order valence-electron chi connectivity index (χ4n) is 2.16. The zero-order valence-corrected chi connectivity index (χ0v) is 8.68. The molecule has 0 spiro atoms. The van der Waals surface area contributed by atoms with Crippen molar-refractivity contribution in [2.45, 2.75) is 51.5 Å². The van der Waals surface area contributed by atoms with Crippen molar-refractivity contribution in [1.29, 1.82) is 0 Å². The Morgan fingerprint density at radius 2 is 2.31 bits per heavy atom. The Balaban J connectivity index is 2.09. The van der Waals surface area contributed by atoms with E-state index in [2.05, 4.69) is 18.2 Å². The normalized spacial score (nSPS) is 27.4. The molecule has 2 unspecified atom stereocenters. The van der Waals surface area contributed by atoms with Crippen molar-refractivity contribution in [1.82, 2.24) is 5.32 Å². The highest BCUT2D eigenvalue weighted by Gasteiger charge is 2.22. The van der Waals surface area contributed by atoms with Crippen molar-refractivity contribution in [3.05, 3.63) is 0 Å². The Morgan fingerprint density at radius 1 is 1.46 bits per heavy atom. The fourth-order valence-corrected chi connectivity index (χ4v) is 2.16. The Bertz CT molecular complexity index is 168. The number of nitrogens with one attached hydrogen (secondary N) is 1. The van der Waals surface area contributed by atoms with E-state index in [4.69, 9.17) is 6.42 Å². The zero-order chi connectivity index (χ0) is 9.52. The second-order valence-corrected chi connectivity index (χ2v) is 4.07. The Labute approximate surface area is 82.3 Å². The Morgan fingerprint density at radius 3 is 3.00 bits per heavy atom. The van der Waals surface area contributed by atoms with Gasteiger partial charge in [-0.2, -0.15) is 0 Å². The van der Waals surface area contributed by atoms with Crippen molar-refractivity contribution in [3.8, 4) is 12.3 Å². The molecule has 74 valence electrons. The minimum atomic E-state index is 0.780. The molecule has 0 bridgehead atoms. The summed E-state index contributed by atoms with van der Waals surface area (Å²) in [6.45, 7) is 3.39. The molecule has 1 nitrogen and oxygen atoms in total. The molecule has 0 heterocycles. The molecule has 0 saturated heterocycles. The highest BCUT2D eigenvalue weighted by molar-refractivity contribution is 4.87. The summed E-state index contributed by atoms with van der Waals surface area (Å²) in [5, 5.41) is 3.59. The smallest absolute Gasteiger partial charge is 0.00887 e. The molecule has 0 aromatic rings. The second kappa shape index (κ2) is 6.05. The molecule has 0 radical (unpaired) electrons. The Kier molecular flexibility index (Phi) is 4.93. The van der Waals surface area contributed by atoms with E-state index in [1.807, 2.05) is 0 Å². The molecule has 0 aromatic heterocycles. The summed E-state index contributed by atoms with van der Waals surface area (Å²) in [4.78, 5) is 0. The highest BCUT2D eigenvalue weighted by Crippen LogP contribution is 2.28. The third-order valence-electron chi connectivity index (χ3n) is 2.92. The predicted molar refractivity (Wildman–Crippen MR) is 57.5 cm³/mol. The first kappa shape index (κ1) is 10.6. The van der Waals surface area contributed by atoms with Crippen LogP contribution >= 0.6 is 0 Å². The van der Waals surface area contributed by atoms with Crippen molar-refractivity contribution in [2.24, 2.45) is 5.92 Å². The summed E-state index contributed by atoms with van der Waals surface area (Å²) >= 11 is 0. The van der Waals surface area contributed by atoms with Crippen molar-refractivity contribution in [3.63, 3.8) is 0 Å². The van der Waals surface area contributed by atoms with Crippen LogP contribution < -0.4 is 5.32 Å². The van der Waals surface area contributed by atoms with E-state index in [0.717, 1.165) is 18.4 Å². The van der Waals surface area contributed by atoms with Crippen LogP contribution in [0.4, 0.5) is 0 Å². The van der Waals surface area contributed by atoms with Crippen LogP contribution in [-0.2, 0) is 0 Å². The van der Waals surface area contributed by atoms with Gasteiger partial charge in [0.05, 0.1) is 0 Å². The monoisotopic (exact) mass is 179 g/mol. The van der Waals surface area contributed by atoms with Crippen LogP contribution in [0.25, 0.3) is 0 Å². The van der Waals surface area contributed by atoms with Crippen LogP contribution in [-0.4, -0.2) is 12.6 Å². The third kappa shape index (κ3) is 3.83. The molecule has 1 N–H and O–H groups in total. The molecule has 1 heteroatoms. The lowest BCUT2D eigenvalue weighted by Gasteiger charge is -2.11. The van der Waals surface area contributed by atoms with E-state index < -0.39 is 0 Å². The highest BCUT2D eigenvalue weighted by atomic mass is 14.9. The van der Waals surface area contributed by atoms with Crippen LogP contribution in [0.5, 0.6) is 0 Å². The minimum Gasteiger partial charge on any atom is -0.314 e. The van der Waals surface area contributed by atoms with Gasteiger partial charge < -0.3 is 5.32 Å². The topological polar surface area (TPSA) is 12.0 Å². The fraction of sp³-hybridized carbons (Fsp3) is 0.833. The van der Waals surface area contributed by atoms with Crippen LogP contribution in [0, 0.1) is 18.3 Å². The molecule has 0 aromatic carbocycles. The number of rotatable bonds is 5. The van der Waals surface area contributed by atoms with Gasteiger partial charge >= 0.3 is 0 Å². The molecule has 13 heavy (non-hydrogen) atoms. The first-order valence-electron chi connectivity index (χ1n) is 5.53. The standard InChI is InChI=1S/C12H21N/c1-3-5-6-11-7-8-12(10-11)13-9-4-2/h1,11-13H,4-10H2,2H3. The summed E-state index contributed by atoms with van der Waals surface area (Å²) in [5.74, 6) is 3.63. The van der Waals surface area contributed by atoms with Crippen LogP contribution in [0.3, 0.4) is 0 Å². The van der Waals surface area contributed by atoms with Gasteiger partial charge in [-0.3, -0.25) is 0 Å². The van der Waals surface area contributed by atoms with Gasteiger partial charge in [-0.1, -0.05) is 6.92 Å². The van der Waals surface area contributed by atoms with Crippen LogP contribution in [0.1, 0.15) is 45.4 Å². The molecule has 0 amide bonds. The van der Waals surface area contributed by atoms with E-state index in [-0.39, 0.29) is 0 Å². The second-order valence-electron chi connectivity index (χ2n) is 4.07. The summed E-state index contributed by atoms with van der Waals surface area (Å²) in [6.07, 6.45) is 12.8. The molecule has 0 aliphatic heterocycles. The van der Waals surface area contributed by atoms with Gasteiger partial charge in [-0.05, 0) is 44.6 Å². The molecule has 1 saturated carbocycles. The van der Waals surface area contributed by atoms with Gasteiger partial charge in [0.15, 0.2) is 0 Å². The van der Waals surface area contributed by atoms with Gasteiger partial charge in [-0.25, -0.2) is 0 Å². The maximum absolute atomic E-state index is 5.26. The molecular weight excluding hydrogens is 158 g/mol. The van der Waals surface area contributed by atoms with E-state index in [1.54, 1.807) is 0 Å². The SMILES string of the molecule is C#CCCC1CCC(NCCC)C1. The number of hydrogen-bond donors (Lipinski definition) is 1. The van der Waals surface area contributed by atoms with Gasteiger partial charge in [0.1, 0.15) is 0 Å². The molecule has 1 aliphatic rings. The summed E-state index contributed by atoms with van der Waals surface area (Å²) in [5.41, 5.74) is 0. The Hall–Kier alpha value is -0.480. The van der Waals surface area contributed by atoms with E-state index in [1.165, 1.54) is 38.6 Å². The average molecular weight is 179 g/mol. The first-order valence-corrected chi connectivity index (χ1v) is 5.53. The van der Waals surface area contributed by atoms with Gasteiger partial charge in [0.2, 0.25) is 0 Å². The van der Waals surface area contributed by atoms with E-state index >= 15 is 0 Å². The predicted octanol–water partition coefficient (Wildman–Crippen LogP) is 2.57. The molecular formula is C12H21N. The maximum Gasteiger partial charge on any atom is 0.00887 e. The lowest BCUT2D eigenvalue weighted by molar-refractivity contribution is 0.468.